The third-order valence-electron chi connectivity index (χ3n) is 4.75. The van der Waals surface area contributed by atoms with Gasteiger partial charge >= 0.3 is 0 Å². The van der Waals surface area contributed by atoms with E-state index in [0.717, 1.165) is 16.7 Å². The average molecular weight is 415 g/mol. The second kappa shape index (κ2) is 9.82. The largest absolute Gasteiger partial charge is 0.372 e. The maximum absolute atomic E-state index is 13.9. The fraction of sp³-hybridized carbons (Fsp3) is 0.120. The Labute approximate surface area is 180 Å². The van der Waals surface area contributed by atoms with Crippen LogP contribution in [0.5, 0.6) is 0 Å². The predicted octanol–water partition coefficient (Wildman–Crippen LogP) is 4.66. The summed E-state index contributed by atoms with van der Waals surface area (Å²) in [5.74, 6) is -0.718. The van der Waals surface area contributed by atoms with Gasteiger partial charge in [0.25, 0.3) is 5.91 Å². The number of rotatable bonds is 8. The summed E-state index contributed by atoms with van der Waals surface area (Å²) < 4.78 is 21.0. The third kappa shape index (κ3) is 5.43. The van der Waals surface area contributed by atoms with E-state index in [0.29, 0.717) is 25.4 Å². The summed E-state index contributed by atoms with van der Waals surface area (Å²) >= 11 is 0. The van der Waals surface area contributed by atoms with Crippen LogP contribution in [0.4, 0.5) is 4.39 Å². The van der Waals surface area contributed by atoms with E-state index >= 15 is 0 Å². The van der Waals surface area contributed by atoms with Crippen LogP contribution in [0.15, 0.2) is 91.1 Å². The van der Waals surface area contributed by atoms with Crippen molar-refractivity contribution in [3.8, 4) is 5.69 Å². The SMILES string of the molecule is O=C(NCc1cccc(COCc2ccccc2)c1)c1ccn(-c2ccccc2F)n1. The van der Waals surface area contributed by atoms with Crippen LogP contribution in [-0.4, -0.2) is 15.7 Å². The summed E-state index contributed by atoms with van der Waals surface area (Å²) in [4.78, 5) is 12.5. The van der Waals surface area contributed by atoms with Crippen LogP contribution in [0.3, 0.4) is 0 Å². The summed E-state index contributed by atoms with van der Waals surface area (Å²) in [6, 6.07) is 25.7. The quantitative estimate of drug-likeness (QED) is 0.455. The predicted molar refractivity (Wildman–Crippen MR) is 116 cm³/mol. The molecule has 0 saturated heterocycles. The average Bonchev–Trinajstić information content (AvgIpc) is 3.29. The van der Waals surface area contributed by atoms with E-state index in [1.54, 1.807) is 30.5 Å². The molecule has 1 aromatic heterocycles. The lowest BCUT2D eigenvalue weighted by Gasteiger charge is -2.08. The van der Waals surface area contributed by atoms with Crippen molar-refractivity contribution in [1.82, 2.24) is 15.1 Å². The number of amides is 1. The second-order valence-electron chi connectivity index (χ2n) is 7.08. The standard InChI is InChI=1S/C25H22FN3O2/c26-22-11-4-5-12-24(22)29-14-13-23(28-29)25(30)27-16-20-9-6-10-21(15-20)18-31-17-19-7-2-1-3-8-19/h1-15H,16-18H2,(H,27,30). The molecule has 156 valence electrons. The molecule has 0 aliphatic rings. The summed E-state index contributed by atoms with van der Waals surface area (Å²) in [6.07, 6.45) is 1.57. The van der Waals surface area contributed by atoms with Crippen LogP contribution >= 0.6 is 0 Å². The molecule has 3 aromatic carbocycles. The minimum Gasteiger partial charge on any atom is -0.372 e. The van der Waals surface area contributed by atoms with E-state index in [2.05, 4.69) is 10.4 Å². The molecule has 5 nitrogen and oxygen atoms in total. The van der Waals surface area contributed by atoms with Gasteiger partial charge in [0, 0.05) is 12.7 Å². The van der Waals surface area contributed by atoms with Gasteiger partial charge in [-0.25, -0.2) is 9.07 Å². The molecule has 31 heavy (non-hydrogen) atoms. The Morgan fingerprint density at radius 1 is 0.871 bits per heavy atom. The summed E-state index contributed by atoms with van der Waals surface area (Å²) in [6.45, 7) is 1.40. The lowest BCUT2D eigenvalue weighted by atomic mass is 10.1. The molecule has 6 heteroatoms. The van der Waals surface area contributed by atoms with Gasteiger partial charge in [0.1, 0.15) is 11.5 Å². The first-order valence-electron chi connectivity index (χ1n) is 9.97. The summed E-state index contributed by atoms with van der Waals surface area (Å²) in [7, 11) is 0. The van der Waals surface area contributed by atoms with E-state index in [1.165, 1.54) is 10.7 Å². The zero-order valence-electron chi connectivity index (χ0n) is 16.9. The number of aromatic nitrogens is 2. The molecular formula is C25H22FN3O2. The fourth-order valence-corrected chi connectivity index (χ4v) is 3.18. The lowest BCUT2D eigenvalue weighted by Crippen LogP contribution is -2.23. The molecule has 0 unspecified atom stereocenters. The van der Waals surface area contributed by atoms with Crippen molar-refractivity contribution in [2.75, 3.05) is 0 Å². The summed E-state index contributed by atoms with van der Waals surface area (Å²) in [5, 5.41) is 7.04. The topological polar surface area (TPSA) is 56.1 Å². The van der Waals surface area contributed by atoms with Crippen LogP contribution < -0.4 is 5.32 Å². The van der Waals surface area contributed by atoms with Gasteiger partial charge in [-0.05, 0) is 34.9 Å². The Morgan fingerprint density at radius 3 is 2.42 bits per heavy atom. The maximum atomic E-state index is 13.9. The smallest absolute Gasteiger partial charge is 0.272 e. The normalized spacial score (nSPS) is 10.7. The highest BCUT2D eigenvalue weighted by molar-refractivity contribution is 5.92. The van der Waals surface area contributed by atoms with Crippen LogP contribution in [0.2, 0.25) is 0 Å². The number of benzene rings is 3. The molecule has 0 saturated carbocycles. The van der Waals surface area contributed by atoms with Gasteiger partial charge in [-0.3, -0.25) is 4.79 Å². The Kier molecular flexibility index (Phi) is 6.50. The zero-order chi connectivity index (χ0) is 21.5. The molecule has 1 amide bonds. The Morgan fingerprint density at radius 2 is 1.58 bits per heavy atom. The maximum Gasteiger partial charge on any atom is 0.272 e. The van der Waals surface area contributed by atoms with E-state index in [9.17, 15) is 9.18 Å². The van der Waals surface area contributed by atoms with Crippen molar-refractivity contribution in [1.29, 1.82) is 0 Å². The van der Waals surface area contributed by atoms with Crippen LogP contribution in [0.25, 0.3) is 5.69 Å². The van der Waals surface area contributed by atoms with Gasteiger partial charge in [0.15, 0.2) is 5.69 Å². The van der Waals surface area contributed by atoms with Crippen molar-refractivity contribution in [3.05, 3.63) is 119 Å². The Balaban J connectivity index is 1.31. The van der Waals surface area contributed by atoms with Gasteiger partial charge < -0.3 is 10.1 Å². The van der Waals surface area contributed by atoms with Crippen LogP contribution in [0.1, 0.15) is 27.2 Å². The Hall–Kier alpha value is -3.77. The first kappa shape index (κ1) is 20.5. The fourth-order valence-electron chi connectivity index (χ4n) is 3.18. The molecule has 0 atom stereocenters. The van der Waals surface area contributed by atoms with E-state index in [4.69, 9.17) is 4.74 Å². The second-order valence-corrected chi connectivity index (χ2v) is 7.08. The number of carbonyl (C=O) groups is 1. The molecular weight excluding hydrogens is 393 g/mol. The molecule has 0 aliphatic carbocycles. The van der Waals surface area contributed by atoms with E-state index in [1.807, 2.05) is 54.6 Å². The number of hydrogen-bond acceptors (Lipinski definition) is 3. The Bertz CT molecular complexity index is 1160. The highest BCUT2D eigenvalue weighted by Crippen LogP contribution is 2.13. The number of nitrogens with zero attached hydrogens (tertiary/aromatic N) is 2. The molecule has 1 heterocycles. The number of hydrogen-bond donors (Lipinski definition) is 1. The molecule has 0 aliphatic heterocycles. The molecule has 0 fully saturated rings. The molecule has 0 bridgehead atoms. The number of nitrogens with one attached hydrogen (secondary N) is 1. The van der Waals surface area contributed by atoms with Crippen molar-refractivity contribution in [3.63, 3.8) is 0 Å². The van der Waals surface area contributed by atoms with Gasteiger partial charge in [-0.1, -0.05) is 66.7 Å². The van der Waals surface area contributed by atoms with Crippen molar-refractivity contribution in [2.45, 2.75) is 19.8 Å². The number of carbonyl (C=O) groups excluding carboxylic acids is 1. The molecule has 0 radical (unpaired) electrons. The van der Waals surface area contributed by atoms with Crippen molar-refractivity contribution < 1.29 is 13.9 Å². The monoisotopic (exact) mass is 415 g/mol. The van der Waals surface area contributed by atoms with E-state index in [-0.39, 0.29) is 11.6 Å². The third-order valence-corrected chi connectivity index (χ3v) is 4.75. The number of ether oxygens (including phenoxy) is 1. The van der Waals surface area contributed by atoms with Crippen LogP contribution in [-0.2, 0) is 24.5 Å². The number of halogens is 1. The van der Waals surface area contributed by atoms with Gasteiger partial charge in [-0.15, -0.1) is 0 Å². The van der Waals surface area contributed by atoms with E-state index < -0.39 is 5.82 Å². The highest BCUT2D eigenvalue weighted by Gasteiger charge is 2.12. The summed E-state index contributed by atoms with van der Waals surface area (Å²) in [5.41, 5.74) is 3.64. The first-order valence-corrected chi connectivity index (χ1v) is 9.97. The molecule has 4 rings (SSSR count). The van der Waals surface area contributed by atoms with Crippen molar-refractivity contribution in [2.24, 2.45) is 0 Å². The molecule has 1 N–H and O–H groups in total. The highest BCUT2D eigenvalue weighted by atomic mass is 19.1. The lowest BCUT2D eigenvalue weighted by molar-refractivity contribution is 0.0945. The number of para-hydroxylation sites is 1. The minimum atomic E-state index is -0.399. The first-order chi connectivity index (χ1) is 15.2. The molecule has 4 aromatic rings. The van der Waals surface area contributed by atoms with Crippen molar-refractivity contribution >= 4 is 5.91 Å². The van der Waals surface area contributed by atoms with Crippen LogP contribution in [0, 0.1) is 5.82 Å². The minimum absolute atomic E-state index is 0.227. The zero-order valence-corrected chi connectivity index (χ0v) is 16.9. The van der Waals surface area contributed by atoms with Gasteiger partial charge in [0.05, 0.1) is 13.2 Å². The molecule has 0 spiro atoms. The van der Waals surface area contributed by atoms with Gasteiger partial charge in [0.2, 0.25) is 0 Å². The van der Waals surface area contributed by atoms with Gasteiger partial charge in [-0.2, -0.15) is 5.10 Å².